The topological polar surface area (TPSA) is 58.6 Å². The number of ether oxygens (including phenoxy) is 1. The van der Waals surface area contributed by atoms with E-state index in [1.54, 1.807) is 0 Å². The molecule has 0 radical (unpaired) electrons. The lowest BCUT2D eigenvalue weighted by atomic mass is 9.96. The smallest absolute Gasteiger partial charge is 0.253 e. The second kappa shape index (κ2) is 6.17. The first-order valence-electron chi connectivity index (χ1n) is 6.74. The second-order valence-corrected chi connectivity index (χ2v) is 5.16. The quantitative estimate of drug-likeness (QED) is 0.864. The number of aliphatic hydroxyl groups is 1. The Morgan fingerprint density at radius 3 is 2.95 bits per heavy atom. The summed E-state index contributed by atoms with van der Waals surface area (Å²) in [4.78, 5) is 12.3. The van der Waals surface area contributed by atoms with E-state index in [9.17, 15) is 4.79 Å². The predicted molar refractivity (Wildman–Crippen MR) is 72.7 cm³/mol. The fourth-order valence-electron chi connectivity index (χ4n) is 2.21. The molecule has 1 aromatic carbocycles. The van der Waals surface area contributed by atoms with Crippen LogP contribution in [0, 0.1) is 5.92 Å². The molecule has 3 unspecified atom stereocenters. The number of amides is 1. The number of aliphatic hydroxyl groups excluding tert-OH is 1. The monoisotopic (exact) mass is 263 g/mol. The molecule has 1 aliphatic rings. The van der Waals surface area contributed by atoms with Gasteiger partial charge >= 0.3 is 0 Å². The molecule has 0 saturated heterocycles. The molecule has 0 bridgehead atoms. The molecule has 0 fully saturated rings. The maximum absolute atomic E-state index is 12.3. The first-order chi connectivity index (χ1) is 9.13. The molecule has 104 valence electrons. The summed E-state index contributed by atoms with van der Waals surface area (Å²) < 4.78 is 5.61. The summed E-state index contributed by atoms with van der Waals surface area (Å²) in [6, 6.07) is 7.81. The molecule has 0 spiro atoms. The van der Waals surface area contributed by atoms with Gasteiger partial charge in [-0.2, -0.15) is 0 Å². The third kappa shape index (κ3) is 3.14. The Morgan fingerprint density at radius 2 is 2.21 bits per heavy atom. The van der Waals surface area contributed by atoms with Crippen LogP contribution >= 0.6 is 0 Å². The van der Waals surface area contributed by atoms with Gasteiger partial charge in [0.05, 0.1) is 6.61 Å². The van der Waals surface area contributed by atoms with E-state index < -0.39 is 6.10 Å². The molecule has 1 aliphatic heterocycles. The van der Waals surface area contributed by atoms with Crippen LogP contribution in [0.2, 0.25) is 0 Å². The zero-order valence-electron chi connectivity index (χ0n) is 11.4. The first kappa shape index (κ1) is 14.0. The summed E-state index contributed by atoms with van der Waals surface area (Å²) in [6.07, 6.45) is 0.320. The van der Waals surface area contributed by atoms with Gasteiger partial charge in [-0.25, -0.2) is 0 Å². The third-order valence-electron chi connectivity index (χ3n) is 3.74. The Hall–Kier alpha value is -1.39. The lowest BCUT2D eigenvalue weighted by Crippen LogP contribution is -2.42. The normalized spacial score (nSPS) is 21.3. The van der Waals surface area contributed by atoms with Crippen molar-refractivity contribution in [2.75, 3.05) is 13.2 Å². The van der Waals surface area contributed by atoms with Gasteiger partial charge in [0, 0.05) is 12.6 Å². The van der Waals surface area contributed by atoms with E-state index in [0.29, 0.717) is 6.61 Å². The Bertz CT molecular complexity index is 447. The fraction of sp³-hybridized carbons (Fsp3) is 0.533. The number of nitrogens with one attached hydrogen (secondary N) is 1. The summed E-state index contributed by atoms with van der Waals surface area (Å²) >= 11 is 0. The van der Waals surface area contributed by atoms with Crippen LogP contribution in [0.4, 0.5) is 0 Å². The molecule has 4 heteroatoms. The SMILES string of the molecule is CC(CO)C(C)NC(=O)C1OCCc2ccccc21. The molecule has 1 amide bonds. The van der Waals surface area contributed by atoms with Crippen LogP contribution in [-0.2, 0) is 16.0 Å². The molecule has 2 rings (SSSR count). The van der Waals surface area contributed by atoms with Gasteiger partial charge in [0.2, 0.25) is 0 Å². The van der Waals surface area contributed by atoms with Gasteiger partial charge in [-0.15, -0.1) is 0 Å². The average Bonchev–Trinajstić information content (AvgIpc) is 2.45. The molecular formula is C15H21NO3. The van der Waals surface area contributed by atoms with E-state index in [1.165, 1.54) is 5.56 Å². The molecule has 4 nitrogen and oxygen atoms in total. The Morgan fingerprint density at radius 1 is 1.47 bits per heavy atom. The predicted octanol–water partition coefficient (Wildman–Crippen LogP) is 1.43. The molecule has 3 atom stereocenters. The molecule has 0 aliphatic carbocycles. The lowest BCUT2D eigenvalue weighted by molar-refractivity contribution is -0.135. The van der Waals surface area contributed by atoms with Crippen molar-refractivity contribution in [3.05, 3.63) is 35.4 Å². The fourth-order valence-corrected chi connectivity index (χ4v) is 2.21. The maximum Gasteiger partial charge on any atom is 0.253 e. The van der Waals surface area contributed by atoms with Gasteiger partial charge in [0.15, 0.2) is 6.10 Å². The van der Waals surface area contributed by atoms with Crippen LogP contribution < -0.4 is 5.32 Å². The van der Waals surface area contributed by atoms with Crippen molar-refractivity contribution in [1.29, 1.82) is 0 Å². The van der Waals surface area contributed by atoms with Crippen LogP contribution in [0.5, 0.6) is 0 Å². The number of benzene rings is 1. The van der Waals surface area contributed by atoms with Crippen molar-refractivity contribution in [3.63, 3.8) is 0 Å². The van der Waals surface area contributed by atoms with E-state index in [1.807, 2.05) is 38.1 Å². The minimum atomic E-state index is -0.529. The van der Waals surface area contributed by atoms with Gasteiger partial charge in [-0.3, -0.25) is 4.79 Å². The van der Waals surface area contributed by atoms with Gasteiger partial charge in [-0.05, 0) is 30.4 Å². The van der Waals surface area contributed by atoms with Crippen molar-refractivity contribution >= 4 is 5.91 Å². The van der Waals surface area contributed by atoms with Crippen LogP contribution in [0.3, 0.4) is 0 Å². The van der Waals surface area contributed by atoms with Crippen LogP contribution in [0.1, 0.15) is 31.1 Å². The van der Waals surface area contributed by atoms with E-state index in [0.717, 1.165) is 12.0 Å². The minimum Gasteiger partial charge on any atom is -0.396 e. The average molecular weight is 263 g/mol. The molecule has 0 saturated carbocycles. The molecule has 1 aromatic rings. The number of hydrogen-bond donors (Lipinski definition) is 2. The summed E-state index contributed by atoms with van der Waals surface area (Å²) in [7, 11) is 0. The van der Waals surface area contributed by atoms with E-state index >= 15 is 0 Å². The standard InChI is InChI=1S/C15H21NO3/c1-10(9-17)11(2)16-15(18)14-13-6-4-3-5-12(13)7-8-19-14/h3-6,10-11,14,17H,7-9H2,1-2H3,(H,16,18). The Labute approximate surface area is 113 Å². The van der Waals surface area contributed by atoms with Crippen molar-refractivity contribution in [2.45, 2.75) is 32.4 Å². The summed E-state index contributed by atoms with van der Waals surface area (Å²) in [6.45, 7) is 4.43. The summed E-state index contributed by atoms with van der Waals surface area (Å²) in [5.74, 6) is -0.0947. The van der Waals surface area contributed by atoms with Crippen molar-refractivity contribution in [2.24, 2.45) is 5.92 Å². The van der Waals surface area contributed by atoms with E-state index in [-0.39, 0.29) is 24.5 Å². The highest BCUT2D eigenvalue weighted by Crippen LogP contribution is 2.27. The molecule has 0 aromatic heterocycles. The van der Waals surface area contributed by atoms with Gasteiger partial charge in [0.1, 0.15) is 0 Å². The van der Waals surface area contributed by atoms with Crippen LogP contribution in [0.25, 0.3) is 0 Å². The minimum absolute atomic E-state index is 0.0304. The second-order valence-electron chi connectivity index (χ2n) is 5.16. The van der Waals surface area contributed by atoms with E-state index in [4.69, 9.17) is 9.84 Å². The zero-order valence-corrected chi connectivity index (χ0v) is 11.4. The maximum atomic E-state index is 12.3. The van der Waals surface area contributed by atoms with Crippen LogP contribution in [0.15, 0.2) is 24.3 Å². The summed E-state index contributed by atoms with van der Waals surface area (Å²) in [5.41, 5.74) is 2.13. The number of fused-ring (bicyclic) bond motifs is 1. The molecule has 19 heavy (non-hydrogen) atoms. The zero-order chi connectivity index (χ0) is 13.8. The molecule has 2 N–H and O–H groups in total. The van der Waals surface area contributed by atoms with Gasteiger partial charge < -0.3 is 15.2 Å². The van der Waals surface area contributed by atoms with Crippen molar-refractivity contribution in [1.82, 2.24) is 5.32 Å². The Balaban J connectivity index is 2.09. The van der Waals surface area contributed by atoms with Crippen molar-refractivity contribution < 1.29 is 14.6 Å². The number of carbonyl (C=O) groups is 1. The molecule has 1 heterocycles. The number of rotatable bonds is 4. The van der Waals surface area contributed by atoms with Gasteiger partial charge in [0.25, 0.3) is 5.91 Å². The highest BCUT2D eigenvalue weighted by molar-refractivity contribution is 5.83. The van der Waals surface area contributed by atoms with Gasteiger partial charge in [-0.1, -0.05) is 31.2 Å². The lowest BCUT2D eigenvalue weighted by Gasteiger charge is -2.27. The highest BCUT2D eigenvalue weighted by Gasteiger charge is 2.28. The first-order valence-corrected chi connectivity index (χ1v) is 6.74. The largest absolute Gasteiger partial charge is 0.396 e. The number of carbonyl (C=O) groups excluding carboxylic acids is 1. The third-order valence-corrected chi connectivity index (χ3v) is 3.74. The molecular weight excluding hydrogens is 242 g/mol. The van der Waals surface area contributed by atoms with Crippen LogP contribution in [-0.4, -0.2) is 30.3 Å². The van der Waals surface area contributed by atoms with Crippen molar-refractivity contribution in [3.8, 4) is 0 Å². The van der Waals surface area contributed by atoms with E-state index in [2.05, 4.69) is 5.32 Å². The Kier molecular flexibility index (Phi) is 4.56. The summed E-state index contributed by atoms with van der Waals surface area (Å²) in [5, 5.41) is 12.0. The number of hydrogen-bond acceptors (Lipinski definition) is 3. The highest BCUT2D eigenvalue weighted by atomic mass is 16.5.